The standard InChI is InChI=1S/C10H6F3NO2/c1-14-7-5-3-4-6(10(11,12)13)8(7)9(15)16-2/h3-5H,2H3. The Morgan fingerprint density at radius 1 is 1.44 bits per heavy atom. The van der Waals surface area contributed by atoms with Gasteiger partial charge >= 0.3 is 12.1 Å². The van der Waals surface area contributed by atoms with Crippen molar-refractivity contribution in [1.29, 1.82) is 0 Å². The molecule has 0 aliphatic heterocycles. The number of alkyl halides is 3. The Morgan fingerprint density at radius 3 is 2.50 bits per heavy atom. The van der Waals surface area contributed by atoms with Gasteiger partial charge in [0.15, 0.2) is 0 Å². The van der Waals surface area contributed by atoms with Crippen LogP contribution in [-0.2, 0) is 10.9 Å². The lowest BCUT2D eigenvalue weighted by Gasteiger charge is -2.12. The maximum atomic E-state index is 12.6. The van der Waals surface area contributed by atoms with Crippen LogP contribution in [0.5, 0.6) is 0 Å². The van der Waals surface area contributed by atoms with Gasteiger partial charge in [0, 0.05) is 0 Å². The molecule has 0 atom stereocenters. The summed E-state index contributed by atoms with van der Waals surface area (Å²) in [6.45, 7) is 6.70. The molecule has 1 aromatic carbocycles. The van der Waals surface area contributed by atoms with E-state index in [-0.39, 0.29) is 5.69 Å². The van der Waals surface area contributed by atoms with E-state index in [0.717, 1.165) is 25.3 Å². The third-order valence-electron chi connectivity index (χ3n) is 1.86. The van der Waals surface area contributed by atoms with Crippen LogP contribution in [0.2, 0.25) is 0 Å². The number of benzene rings is 1. The van der Waals surface area contributed by atoms with E-state index in [1.807, 2.05) is 0 Å². The van der Waals surface area contributed by atoms with Gasteiger partial charge in [-0.05, 0) is 0 Å². The van der Waals surface area contributed by atoms with E-state index in [2.05, 4.69) is 9.58 Å². The minimum Gasteiger partial charge on any atom is -0.466 e. The molecule has 3 nitrogen and oxygen atoms in total. The smallest absolute Gasteiger partial charge is 0.416 e. The van der Waals surface area contributed by atoms with Crippen molar-refractivity contribution in [2.45, 2.75) is 6.18 Å². The maximum absolute atomic E-state index is 12.6. The fourth-order valence-electron chi connectivity index (χ4n) is 1.19. The van der Waals surface area contributed by atoms with Gasteiger partial charge in [-0.3, -0.25) is 0 Å². The summed E-state index contributed by atoms with van der Waals surface area (Å²) in [5, 5.41) is 0. The summed E-state index contributed by atoms with van der Waals surface area (Å²) < 4.78 is 41.9. The van der Waals surface area contributed by atoms with Crippen LogP contribution in [0.25, 0.3) is 4.85 Å². The Morgan fingerprint density at radius 2 is 2.06 bits per heavy atom. The fourth-order valence-corrected chi connectivity index (χ4v) is 1.19. The molecule has 0 amide bonds. The van der Waals surface area contributed by atoms with Crippen LogP contribution in [-0.4, -0.2) is 13.1 Å². The molecule has 0 fully saturated rings. The highest BCUT2D eigenvalue weighted by Gasteiger charge is 2.36. The molecule has 0 saturated heterocycles. The molecule has 0 aliphatic rings. The highest BCUT2D eigenvalue weighted by molar-refractivity contribution is 5.97. The molecule has 1 rings (SSSR count). The van der Waals surface area contributed by atoms with Crippen LogP contribution in [0.15, 0.2) is 18.2 Å². The van der Waals surface area contributed by atoms with Crippen LogP contribution < -0.4 is 0 Å². The van der Waals surface area contributed by atoms with Crippen molar-refractivity contribution in [2.24, 2.45) is 0 Å². The van der Waals surface area contributed by atoms with Crippen LogP contribution >= 0.6 is 0 Å². The molecule has 0 N–H and O–H groups in total. The van der Waals surface area contributed by atoms with Gasteiger partial charge in [-0.25, -0.2) is 9.64 Å². The largest absolute Gasteiger partial charge is 0.466 e. The van der Waals surface area contributed by atoms with Crippen LogP contribution in [0, 0.1) is 6.57 Å². The van der Waals surface area contributed by atoms with Crippen molar-refractivity contribution >= 4 is 11.7 Å². The number of rotatable bonds is 1. The van der Waals surface area contributed by atoms with Gasteiger partial charge in [0.25, 0.3) is 0 Å². The molecule has 6 heteroatoms. The van der Waals surface area contributed by atoms with Crippen molar-refractivity contribution in [1.82, 2.24) is 0 Å². The van der Waals surface area contributed by atoms with E-state index < -0.39 is 23.3 Å². The zero-order chi connectivity index (χ0) is 12.3. The monoisotopic (exact) mass is 229 g/mol. The van der Waals surface area contributed by atoms with Gasteiger partial charge in [0.1, 0.15) is 0 Å². The van der Waals surface area contributed by atoms with Crippen molar-refractivity contribution < 1.29 is 22.7 Å². The second-order valence-corrected chi connectivity index (χ2v) is 2.80. The number of halogens is 3. The van der Waals surface area contributed by atoms with Crippen molar-refractivity contribution in [2.75, 3.05) is 7.11 Å². The lowest BCUT2D eigenvalue weighted by Crippen LogP contribution is -2.14. The summed E-state index contributed by atoms with van der Waals surface area (Å²) in [5.41, 5.74) is -2.28. The second-order valence-electron chi connectivity index (χ2n) is 2.80. The van der Waals surface area contributed by atoms with Gasteiger partial charge in [-0.1, -0.05) is 18.2 Å². The molecule has 0 heterocycles. The first-order valence-corrected chi connectivity index (χ1v) is 4.07. The molecule has 0 unspecified atom stereocenters. The number of hydrogen-bond acceptors (Lipinski definition) is 2. The van der Waals surface area contributed by atoms with Gasteiger partial charge in [-0.15, -0.1) is 0 Å². The van der Waals surface area contributed by atoms with Crippen molar-refractivity contribution in [3.05, 3.63) is 40.7 Å². The molecule has 16 heavy (non-hydrogen) atoms. The van der Waals surface area contributed by atoms with Crippen molar-refractivity contribution in [3.8, 4) is 0 Å². The summed E-state index contributed by atoms with van der Waals surface area (Å²) in [6, 6.07) is 2.94. The van der Waals surface area contributed by atoms with Crippen LogP contribution in [0.4, 0.5) is 18.9 Å². The van der Waals surface area contributed by atoms with Gasteiger partial charge in [-0.2, -0.15) is 13.2 Å². The molecule has 0 saturated carbocycles. The Balaban J connectivity index is 3.52. The predicted octanol–water partition coefficient (Wildman–Crippen LogP) is 3.04. The lowest BCUT2D eigenvalue weighted by molar-refractivity contribution is -0.138. The summed E-state index contributed by atoms with van der Waals surface area (Å²) in [7, 11) is 0.962. The number of methoxy groups -OCH3 is 1. The average Bonchev–Trinajstić information content (AvgIpc) is 2.25. The lowest BCUT2D eigenvalue weighted by atomic mass is 10.1. The number of esters is 1. The first-order chi connectivity index (χ1) is 7.41. The summed E-state index contributed by atoms with van der Waals surface area (Å²) in [5.74, 6) is -1.17. The van der Waals surface area contributed by atoms with Crippen LogP contribution in [0.1, 0.15) is 15.9 Å². The van der Waals surface area contributed by atoms with E-state index in [1.165, 1.54) is 0 Å². The number of carbonyl (C=O) groups excluding carboxylic acids is 1. The first kappa shape index (κ1) is 12.0. The third kappa shape index (κ3) is 2.14. The summed E-state index contributed by atoms with van der Waals surface area (Å²) >= 11 is 0. The predicted molar refractivity (Wildman–Crippen MR) is 49.0 cm³/mol. The van der Waals surface area contributed by atoms with Gasteiger partial charge < -0.3 is 4.74 Å². The van der Waals surface area contributed by atoms with E-state index in [1.54, 1.807) is 0 Å². The van der Waals surface area contributed by atoms with E-state index in [9.17, 15) is 18.0 Å². The highest BCUT2D eigenvalue weighted by Crippen LogP contribution is 2.36. The second kappa shape index (κ2) is 4.23. The SMILES string of the molecule is [C-]#[N+]c1cccc(C(F)(F)F)c1C(=O)OC. The molecule has 0 bridgehead atoms. The summed E-state index contributed by atoms with van der Waals surface area (Å²) in [4.78, 5) is 14.1. The third-order valence-corrected chi connectivity index (χ3v) is 1.86. The fraction of sp³-hybridized carbons (Fsp3) is 0.200. The molecule has 0 aromatic heterocycles. The van der Waals surface area contributed by atoms with Crippen molar-refractivity contribution in [3.63, 3.8) is 0 Å². The van der Waals surface area contributed by atoms with Gasteiger partial charge in [0.2, 0.25) is 5.69 Å². The zero-order valence-corrected chi connectivity index (χ0v) is 8.13. The molecule has 0 aliphatic carbocycles. The Bertz CT molecular complexity index is 460. The normalized spacial score (nSPS) is 10.7. The minimum atomic E-state index is -4.69. The number of ether oxygens (including phenoxy) is 1. The molecule has 0 spiro atoms. The molecular weight excluding hydrogens is 223 g/mol. The maximum Gasteiger partial charge on any atom is 0.416 e. The Hall–Kier alpha value is -2.03. The number of nitrogens with zero attached hydrogens (tertiary/aromatic N) is 1. The topological polar surface area (TPSA) is 30.7 Å². The quantitative estimate of drug-likeness (QED) is 0.547. The average molecular weight is 229 g/mol. The Kier molecular flexibility index (Phi) is 3.18. The molecule has 1 aromatic rings. The Labute approximate surface area is 89.3 Å². The van der Waals surface area contributed by atoms with E-state index in [0.29, 0.717) is 0 Å². The van der Waals surface area contributed by atoms with E-state index >= 15 is 0 Å². The molecule has 0 radical (unpaired) electrons. The number of carbonyl (C=O) groups is 1. The molecule has 84 valence electrons. The zero-order valence-electron chi connectivity index (χ0n) is 8.13. The van der Waals surface area contributed by atoms with E-state index in [4.69, 9.17) is 6.57 Å². The van der Waals surface area contributed by atoms with Gasteiger partial charge in [0.05, 0.1) is 24.8 Å². The summed E-state index contributed by atoms with van der Waals surface area (Å²) in [6.07, 6.45) is -4.69. The highest BCUT2D eigenvalue weighted by atomic mass is 19.4. The minimum absolute atomic E-state index is 0.373. The first-order valence-electron chi connectivity index (χ1n) is 4.07. The van der Waals surface area contributed by atoms with Crippen LogP contribution in [0.3, 0.4) is 0 Å². The number of hydrogen-bond donors (Lipinski definition) is 0. The molecular formula is C10H6F3NO2.